The van der Waals surface area contributed by atoms with Crippen LogP contribution in [0.4, 0.5) is 10.1 Å². The predicted octanol–water partition coefficient (Wildman–Crippen LogP) is 0.725. The third-order valence-electron chi connectivity index (χ3n) is 3.11. The molecule has 1 aromatic carbocycles. The van der Waals surface area contributed by atoms with E-state index in [0.29, 0.717) is 24.2 Å². The van der Waals surface area contributed by atoms with E-state index in [4.69, 9.17) is 5.73 Å². The van der Waals surface area contributed by atoms with Crippen LogP contribution in [0.1, 0.15) is 28.8 Å². The van der Waals surface area contributed by atoms with Gasteiger partial charge >= 0.3 is 0 Å². The highest BCUT2D eigenvalue weighted by molar-refractivity contribution is 5.98. The van der Waals surface area contributed by atoms with Gasteiger partial charge in [0.1, 0.15) is 11.9 Å². The highest BCUT2D eigenvalue weighted by Crippen LogP contribution is 2.17. The quantitative estimate of drug-likeness (QED) is 0.689. The van der Waals surface area contributed by atoms with Crippen molar-refractivity contribution in [1.82, 2.24) is 10.6 Å². The highest BCUT2D eigenvalue weighted by atomic mass is 19.1. The van der Waals surface area contributed by atoms with Gasteiger partial charge in [-0.1, -0.05) is 0 Å². The summed E-state index contributed by atoms with van der Waals surface area (Å²) in [6, 6.07) is 2.13. The molecule has 2 rings (SSSR count). The van der Waals surface area contributed by atoms with Gasteiger partial charge in [-0.15, -0.1) is 0 Å². The number of benzene rings is 1. The number of nitrogens with two attached hydrogens (primary N) is 1. The Hall–Kier alpha value is -2.11. The van der Waals surface area contributed by atoms with E-state index in [1.165, 1.54) is 19.1 Å². The van der Waals surface area contributed by atoms with Crippen LogP contribution < -0.4 is 16.4 Å². The van der Waals surface area contributed by atoms with Crippen LogP contribution in [0.2, 0.25) is 0 Å². The molecule has 1 unspecified atom stereocenters. The predicted molar refractivity (Wildman–Crippen MR) is 69.0 cm³/mol. The van der Waals surface area contributed by atoms with E-state index in [9.17, 15) is 14.0 Å². The second-order valence-corrected chi connectivity index (χ2v) is 4.66. The second kappa shape index (κ2) is 5.26. The van der Waals surface area contributed by atoms with Crippen LogP contribution in [-0.4, -0.2) is 24.4 Å². The van der Waals surface area contributed by atoms with Crippen LogP contribution in [0.5, 0.6) is 0 Å². The number of rotatable bonds is 2. The molecule has 1 saturated heterocycles. The average molecular weight is 265 g/mol. The molecule has 0 bridgehead atoms. The van der Waals surface area contributed by atoms with Crippen molar-refractivity contribution in [3.05, 3.63) is 29.1 Å². The lowest BCUT2D eigenvalue weighted by molar-refractivity contribution is -0.124. The molecule has 0 spiro atoms. The van der Waals surface area contributed by atoms with Gasteiger partial charge in [-0.3, -0.25) is 9.59 Å². The minimum Gasteiger partial charge on any atom is -0.399 e. The standard InChI is InChI=1S/C13H16FN3O2/c1-7-5-8(15)6-9(11(7)14)12(18)17-10-3-2-4-16-13(10)19/h5-6,10H,2-4,15H2,1H3,(H,16,19)(H,17,18). The van der Waals surface area contributed by atoms with Gasteiger partial charge in [0.25, 0.3) is 5.91 Å². The molecule has 19 heavy (non-hydrogen) atoms. The van der Waals surface area contributed by atoms with E-state index >= 15 is 0 Å². The molecule has 5 nitrogen and oxygen atoms in total. The number of anilines is 1. The molecule has 6 heteroatoms. The molecule has 1 atom stereocenters. The van der Waals surface area contributed by atoms with Crippen LogP contribution in [0.3, 0.4) is 0 Å². The first-order valence-corrected chi connectivity index (χ1v) is 6.13. The summed E-state index contributed by atoms with van der Waals surface area (Å²) in [5, 5.41) is 5.19. The number of piperidine rings is 1. The van der Waals surface area contributed by atoms with Crippen molar-refractivity contribution in [2.45, 2.75) is 25.8 Å². The van der Waals surface area contributed by atoms with E-state index in [0.717, 1.165) is 6.42 Å². The number of carbonyl (C=O) groups is 2. The first-order chi connectivity index (χ1) is 8.99. The van der Waals surface area contributed by atoms with Gasteiger partial charge in [-0.25, -0.2) is 4.39 Å². The summed E-state index contributed by atoms with van der Waals surface area (Å²) in [5.41, 5.74) is 6.09. The molecule has 2 amide bonds. The van der Waals surface area contributed by atoms with Crippen molar-refractivity contribution >= 4 is 17.5 Å². The van der Waals surface area contributed by atoms with Crippen LogP contribution >= 0.6 is 0 Å². The van der Waals surface area contributed by atoms with Crippen LogP contribution in [-0.2, 0) is 4.79 Å². The molecular formula is C13H16FN3O2. The minimum atomic E-state index is -0.616. The summed E-state index contributed by atoms with van der Waals surface area (Å²) >= 11 is 0. The Bertz CT molecular complexity index is 531. The third-order valence-corrected chi connectivity index (χ3v) is 3.11. The molecule has 0 aliphatic carbocycles. The van der Waals surface area contributed by atoms with Gasteiger partial charge in [-0.2, -0.15) is 0 Å². The van der Waals surface area contributed by atoms with Crippen molar-refractivity contribution < 1.29 is 14.0 Å². The Morgan fingerprint density at radius 1 is 1.53 bits per heavy atom. The zero-order valence-corrected chi connectivity index (χ0v) is 10.6. The van der Waals surface area contributed by atoms with Gasteiger partial charge in [0, 0.05) is 12.2 Å². The number of carbonyl (C=O) groups excluding carboxylic acids is 2. The lowest BCUT2D eigenvalue weighted by Crippen LogP contribution is -2.50. The van der Waals surface area contributed by atoms with Gasteiger partial charge in [-0.05, 0) is 37.5 Å². The van der Waals surface area contributed by atoms with Gasteiger partial charge in [0.2, 0.25) is 5.91 Å². The fourth-order valence-electron chi connectivity index (χ4n) is 2.11. The summed E-state index contributed by atoms with van der Waals surface area (Å²) in [6.45, 7) is 2.15. The summed E-state index contributed by atoms with van der Waals surface area (Å²) in [4.78, 5) is 23.5. The number of nitrogen functional groups attached to an aromatic ring is 1. The molecule has 0 radical (unpaired) electrons. The SMILES string of the molecule is Cc1cc(N)cc(C(=O)NC2CCCNC2=O)c1F. The second-order valence-electron chi connectivity index (χ2n) is 4.66. The largest absolute Gasteiger partial charge is 0.399 e. The molecule has 4 N–H and O–H groups in total. The monoisotopic (exact) mass is 265 g/mol. The molecule has 0 saturated carbocycles. The zero-order chi connectivity index (χ0) is 14.0. The van der Waals surface area contributed by atoms with Crippen molar-refractivity contribution in [2.24, 2.45) is 0 Å². The molecule has 1 aromatic rings. The Kier molecular flexibility index (Phi) is 3.69. The topological polar surface area (TPSA) is 84.2 Å². The van der Waals surface area contributed by atoms with Crippen LogP contribution in [0.15, 0.2) is 12.1 Å². The van der Waals surface area contributed by atoms with Crippen molar-refractivity contribution in [1.29, 1.82) is 0 Å². The van der Waals surface area contributed by atoms with Gasteiger partial charge in [0.15, 0.2) is 0 Å². The first-order valence-electron chi connectivity index (χ1n) is 6.13. The highest BCUT2D eigenvalue weighted by Gasteiger charge is 2.25. The van der Waals surface area contributed by atoms with E-state index in [1.54, 1.807) is 0 Å². The van der Waals surface area contributed by atoms with Crippen LogP contribution in [0, 0.1) is 12.7 Å². The van der Waals surface area contributed by atoms with Crippen molar-refractivity contribution in [3.8, 4) is 0 Å². The zero-order valence-electron chi connectivity index (χ0n) is 10.6. The van der Waals surface area contributed by atoms with E-state index in [1.807, 2.05) is 0 Å². The maximum absolute atomic E-state index is 13.9. The van der Waals surface area contributed by atoms with Crippen molar-refractivity contribution in [2.75, 3.05) is 12.3 Å². The maximum atomic E-state index is 13.9. The number of halogens is 1. The number of aryl methyl sites for hydroxylation is 1. The molecule has 0 aromatic heterocycles. The Labute approximate surface area is 110 Å². The molecule has 1 aliphatic rings. The molecule has 1 heterocycles. The normalized spacial score (nSPS) is 18.8. The van der Waals surface area contributed by atoms with Crippen LogP contribution in [0.25, 0.3) is 0 Å². The summed E-state index contributed by atoms with van der Waals surface area (Å²) in [6.07, 6.45) is 1.34. The fourth-order valence-corrected chi connectivity index (χ4v) is 2.11. The number of hydrogen-bond donors (Lipinski definition) is 3. The lowest BCUT2D eigenvalue weighted by Gasteiger charge is -2.23. The summed E-state index contributed by atoms with van der Waals surface area (Å²) < 4.78 is 13.9. The third kappa shape index (κ3) is 2.83. The van der Waals surface area contributed by atoms with E-state index < -0.39 is 17.8 Å². The Balaban J connectivity index is 2.18. The summed E-state index contributed by atoms with van der Waals surface area (Å²) in [7, 11) is 0. The maximum Gasteiger partial charge on any atom is 0.254 e. The Morgan fingerprint density at radius 3 is 2.95 bits per heavy atom. The molecule has 1 fully saturated rings. The van der Waals surface area contributed by atoms with E-state index in [2.05, 4.69) is 10.6 Å². The first kappa shape index (κ1) is 13.3. The average Bonchev–Trinajstić information content (AvgIpc) is 2.36. The number of nitrogens with one attached hydrogen (secondary N) is 2. The minimum absolute atomic E-state index is 0.129. The fraction of sp³-hybridized carbons (Fsp3) is 0.385. The lowest BCUT2D eigenvalue weighted by atomic mass is 10.0. The smallest absolute Gasteiger partial charge is 0.254 e. The molecule has 102 valence electrons. The molecule has 1 aliphatic heterocycles. The van der Waals surface area contributed by atoms with Gasteiger partial charge in [0.05, 0.1) is 5.56 Å². The van der Waals surface area contributed by atoms with Crippen molar-refractivity contribution in [3.63, 3.8) is 0 Å². The number of hydrogen-bond acceptors (Lipinski definition) is 3. The Morgan fingerprint density at radius 2 is 2.26 bits per heavy atom. The van der Waals surface area contributed by atoms with Gasteiger partial charge < -0.3 is 16.4 Å². The molecular weight excluding hydrogens is 249 g/mol. The van der Waals surface area contributed by atoms with E-state index in [-0.39, 0.29) is 11.5 Å². The summed E-state index contributed by atoms with van der Waals surface area (Å²) in [5.74, 6) is -1.46. The number of amides is 2.